The van der Waals surface area contributed by atoms with Crippen LogP contribution in [0.25, 0.3) is 0 Å². The molecule has 2 atom stereocenters. The second-order valence-corrected chi connectivity index (χ2v) is 11.8. The van der Waals surface area contributed by atoms with E-state index < -0.39 is 28.5 Å². The molecule has 7 nitrogen and oxygen atoms in total. The lowest BCUT2D eigenvalue weighted by molar-refractivity contribution is -0.139. The van der Waals surface area contributed by atoms with E-state index in [1.54, 1.807) is 37.3 Å². The van der Waals surface area contributed by atoms with Gasteiger partial charge in [-0.2, -0.15) is 0 Å². The van der Waals surface area contributed by atoms with Gasteiger partial charge in [-0.3, -0.25) is 13.9 Å². The molecule has 0 spiro atoms. The van der Waals surface area contributed by atoms with Crippen molar-refractivity contribution in [3.8, 4) is 0 Å². The van der Waals surface area contributed by atoms with Gasteiger partial charge < -0.3 is 10.2 Å². The van der Waals surface area contributed by atoms with Crippen LogP contribution in [-0.4, -0.2) is 50.3 Å². The molecule has 0 saturated heterocycles. The highest BCUT2D eigenvalue weighted by Crippen LogP contribution is 2.26. The summed E-state index contributed by atoms with van der Waals surface area (Å²) in [6, 6.07) is 22.4. The highest BCUT2D eigenvalue weighted by molar-refractivity contribution is 7.92. The quantitative estimate of drug-likeness (QED) is 0.349. The predicted octanol–water partition coefficient (Wildman–Crippen LogP) is 4.87. The van der Waals surface area contributed by atoms with E-state index in [2.05, 4.69) is 5.32 Å². The van der Waals surface area contributed by atoms with Gasteiger partial charge in [-0.25, -0.2) is 8.42 Å². The number of anilines is 1. The summed E-state index contributed by atoms with van der Waals surface area (Å²) in [4.78, 5) is 28.6. The predicted molar refractivity (Wildman–Crippen MR) is 156 cm³/mol. The molecule has 0 aliphatic carbocycles. The van der Waals surface area contributed by atoms with Crippen molar-refractivity contribution in [1.82, 2.24) is 10.2 Å². The minimum Gasteiger partial charge on any atom is -0.352 e. The maximum absolute atomic E-state index is 13.9. The van der Waals surface area contributed by atoms with Gasteiger partial charge in [0.2, 0.25) is 11.8 Å². The van der Waals surface area contributed by atoms with Gasteiger partial charge in [-0.15, -0.1) is 0 Å². The number of nitrogens with one attached hydrogen (secondary N) is 1. The third kappa shape index (κ3) is 7.93. The molecule has 0 bridgehead atoms. The minimum atomic E-state index is -4.07. The number of hydrogen-bond donors (Lipinski definition) is 1. The number of benzene rings is 3. The van der Waals surface area contributed by atoms with Crippen LogP contribution in [0.15, 0.2) is 83.8 Å². The summed E-state index contributed by atoms with van der Waals surface area (Å²) < 4.78 is 28.9. The summed E-state index contributed by atoms with van der Waals surface area (Å²) in [7, 11) is -4.07. The maximum Gasteiger partial charge on any atom is 0.264 e. The molecule has 0 fully saturated rings. The monoisotopic (exact) mass is 549 g/mol. The number of hydrogen-bond acceptors (Lipinski definition) is 4. The molecule has 2 amide bonds. The Hall–Kier alpha value is -3.65. The minimum absolute atomic E-state index is 0.0451. The van der Waals surface area contributed by atoms with Gasteiger partial charge in [-0.05, 0) is 81.5 Å². The second kappa shape index (κ2) is 13.4. The first-order valence-corrected chi connectivity index (χ1v) is 14.8. The van der Waals surface area contributed by atoms with Crippen LogP contribution < -0.4 is 9.62 Å². The summed E-state index contributed by atoms with van der Waals surface area (Å²) in [6.07, 6.45) is 1.29. The molecule has 0 heterocycles. The van der Waals surface area contributed by atoms with E-state index in [0.29, 0.717) is 12.1 Å². The summed E-state index contributed by atoms with van der Waals surface area (Å²) in [5.74, 6) is -0.717. The number of aryl methyl sites for hydroxylation is 2. The Bertz CT molecular complexity index is 1340. The lowest BCUT2D eigenvalue weighted by atomic mass is 10.1. The first-order valence-electron chi connectivity index (χ1n) is 13.3. The molecule has 39 heavy (non-hydrogen) atoms. The summed E-state index contributed by atoms with van der Waals surface area (Å²) >= 11 is 0. The van der Waals surface area contributed by atoms with E-state index in [9.17, 15) is 18.0 Å². The van der Waals surface area contributed by atoms with Gasteiger partial charge in [0.15, 0.2) is 0 Å². The zero-order valence-corrected chi connectivity index (χ0v) is 24.2. The van der Waals surface area contributed by atoms with Crippen LogP contribution in [0.3, 0.4) is 0 Å². The second-order valence-electron chi connectivity index (χ2n) is 9.99. The van der Waals surface area contributed by atoms with Crippen molar-refractivity contribution >= 4 is 27.5 Å². The van der Waals surface area contributed by atoms with E-state index in [4.69, 9.17) is 0 Å². The van der Waals surface area contributed by atoms with Crippen LogP contribution in [0, 0.1) is 13.8 Å². The van der Waals surface area contributed by atoms with Crippen molar-refractivity contribution in [2.75, 3.05) is 17.4 Å². The van der Waals surface area contributed by atoms with Crippen LogP contribution in [0.4, 0.5) is 5.69 Å². The largest absolute Gasteiger partial charge is 0.352 e. The Morgan fingerprint density at radius 2 is 1.44 bits per heavy atom. The van der Waals surface area contributed by atoms with Crippen LogP contribution in [-0.2, 0) is 26.0 Å². The lowest BCUT2D eigenvalue weighted by Gasteiger charge is -2.32. The molecule has 0 aliphatic rings. The van der Waals surface area contributed by atoms with Gasteiger partial charge in [0.25, 0.3) is 10.0 Å². The molecule has 0 aliphatic heterocycles. The number of sulfonamides is 1. The number of carbonyl (C=O) groups is 2. The Kier molecular flexibility index (Phi) is 10.3. The fourth-order valence-corrected chi connectivity index (χ4v) is 5.80. The van der Waals surface area contributed by atoms with Crippen molar-refractivity contribution < 1.29 is 18.0 Å². The number of carbonyl (C=O) groups excluding carboxylic acids is 2. The van der Waals surface area contributed by atoms with Crippen LogP contribution in [0.2, 0.25) is 0 Å². The van der Waals surface area contributed by atoms with Gasteiger partial charge in [0, 0.05) is 12.6 Å². The van der Waals surface area contributed by atoms with Crippen LogP contribution in [0.5, 0.6) is 0 Å². The zero-order chi connectivity index (χ0) is 28.6. The Labute approximate surface area is 232 Å². The lowest BCUT2D eigenvalue weighted by Crippen LogP contribution is -2.53. The molecule has 8 heteroatoms. The smallest absolute Gasteiger partial charge is 0.264 e. The van der Waals surface area contributed by atoms with Crippen molar-refractivity contribution in [3.63, 3.8) is 0 Å². The van der Waals surface area contributed by atoms with E-state index in [1.807, 2.05) is 64.1 Å². The highest BCUT2D eigenvalue weighted by Gasteiger charge is 2.32. The fourth-order valence-electron chi connectivity index (χ4n) is 4.38. The summed E-state index contributed by atoms with van der Waals surface area (Å²) in [5, 5.41) is 2.95. The molecule has 208 valence electrons. The van der Waals surface area contributed by atoms with Crippen molar-refractivity contribution in [2.45, 2.75) is 64.4 Å². The molecule has 3 aromatic carbocycles. The topological polar surface area (TPSA) is 86.8 Å². The summed E-state index contributed by atoms with van der Waals surface area (Å²) in [5.41, 5.74) is 3.19. The molecule has 3 rings (SSSR count). The molecule has 0 aromatic heterocycles. The van der Waals surface area contributed by atoms with Gasteiger partial charge in [0.1, 0.15) is 12.6 Å². The first-order chi connectivity index (χ1) is 18.5. The number of rotatable bonds is 12. The molecule has 1 N–H and O–H groups in total. The Morgan fingerprint density at radius 3 is 2.00 bits per heavy atom. The van der Waals surface area contributed by atoms with Gasteiger partial charge >= 0.3 is 0 Å². The zero-order valence-electron chi connectivity index (χ0n) is 23.4. The average Bonchev–Trinajstić information content (AvgIpc) is 2.92. The van der Waals surface area contributed by atoms with Gasteiger partial charge in [0.05, 0.1) is 10.6 Å². The number of amides is 2. The maximum atomic E-state index is 13.9. The van der Waals surface area contributed by atoms with Crippen molar-refractivity contribution in [1.29, 1.82) is 0 Å². The number of nitrogens with zero attached hydrogens (tertiary/aromatic N) is 2. The fraction of sp³-hybridized carbons (Fsp3) is 0.355. The molecule has 0 saturated carbocycles. The van der Waals surface area contributed by atoms with Crippen LogP contribution >= 0.6 is 0 Å². The van der Waals surface area contributed by atoms with Crippen molar-refractivity contribution in [3.05, 3.63) is 95.6 Å². The highest BCUT2D eigenvalue weighted by atomic mass is 32.2. The first kappa shape index (κ1) is 29.9. The molecule has 0 radical (unpaired) electrons. The third-order valence-electron chi connectivity index (χ3n) is 6.76. The van der Waals surface area contributed by atoms with E-state index in [-0.39, 0.29) is 23.4 Å². The Morgan fingerprint density at radius 1 is 0.872 bits per heavy atom. The van der Waals surface area contributed by atoms with Crippen LogP contribution in [0.1, 0.15) is 43.9 Å². The third-order valence-corrected chi connectivity index (χ3v) is 8.55. The standard InChI is InChI=1S/C31H39N3O4S/c1-6-25(4)32-31(36)26(5)33(18-17-27-13-9-7-10-14-27)30(35)22-34(28-20-23(2)19-24(3)21-28)39(37,38)29-15-11-8-12-16-29/h7-16,19-21,25-26H,6,17-18,22H2,1-5H3,(H,32,36)/t25-,26-/m0/s1. The Balaban J connectivity index is 1.99. The van der Waals surface area contributed by atoms with E-state index in [1.165, 1.54) is 17.0 Å². The average molecular weight is 550 g/mol. The summed E-state index contributed by atoms with van der Waals surface area (Å²) in [6.45, 7) is 9.19. The molecule has 3 aromatic rings. The SMILES string of the molecule is CC[C@H](C)NC(=O)[C@H](C)N(CCc1ccccc1)C(=O)CN(c1cc(C)cc(C)c1)S(=O)(=O)c1ccccc1. The molecule has 0 unspecified atom stereocenters. The van der Waals surface area contributed by atoms with Crippen molar-refractivity contribution in [2.24, 2.45) is 0 Å². The normalized spacial score (nSPS) is 12.8. The van der Waals surface area contributed by atoms with E-state index >= 15 is 0 Å². The van der Waals surface area contributed by atoms with Gasteiger partial charge in [-0.1, -0.05) is 61.5 Å². The molecular weight excluding hydrogens is 510 g/mol. The van der Waals surface area contributed by atoms with E-state index in [0.717, 1.165) is 27.4 Å². The molecular formula is C31H39N3O4S.